The predicted molar refractivity (Wildman–Crippen MR) is 105 cm³/mol. The topological polar surface area (TPSA) is 85.1 Å². The van der Waals surface area contributed by atoms with Gasteiger partial charge in [-0.25, -0.2) is 9.78 Å². The first-order valence-corrected chi connectivity index (χ1v) is 9.75. The molecule has 0 unspecified atom stereocenters. The monoisotopic (exact) mass is 390 g/mol. The van der Waals surface area contributed by atoms with Gasteiger partial charge in [0.2, 0.25) is 0 Å². The maximum absolute atomic E-state index is 12.5. The van der Waals surface area contributed by atoms with E-state index in [9.17, 15) is 4.79 Å². The number of nitrogens with zero attached hydrogens (tertiary/aromatic N) is 6. The Bertz CT molecular complexity index is 816. The van der Waals surface area contributed by atoms with Crippen molar-refractivity contribution in [2.24, 2.45) is 0 Å². The highest BCUT2D eigenvalue weighted by molar-refractivity contribution is 5.69. The Labute approximate surface area is 165 Å². The van der Waals surface area contributed by atoms with Crippen molar-refractivity contribution in [3.63, 3.8) is 0 Å². The van der Waals surface area contributed by atoms with Gasteiger partial charge in [-0.1, -0.05) is 13.3 Å². The molecular weight excluding hydrogens is 360 g/mol. The fraction of sp³-hybridized carbons (Fsp3) is 0.684. The predicted octanol–water partition coefficient (Wildman–Crippen LogP) is 2.50. The molecule has 1 atom stereocenters. The largest absolute Gasteiger partial charge is 0.444 e. The summed E-state index contributed by atoms with van der Waals surface area (Å²) in [5.74, 6) is 1.48. The van der Waals surface area contributed by atoms with Crippen LogP contribution in [0.1, 0.15) is 46.2 Å². The molecule has 28 heavy (non-hydrogen) atoms. The Hall–Kier alpha value is -2.42. The quantitative estimate of drug-likeness (QED) is 0.775. The van der Waals surface area contributed by atoms with E-state index in [1.807, 2.05) is 26.8 Å². The third kappa shape index (κ3) is 4.52. The maximum atomic E-state index is 12.5. The number of amides is 1. The summed E-state index contributed by atoms with van der Waals surface area (Å²) in [6, 6.07) is 2.16. The molecule has 9 nitrogen and oxygen atoms in total. The van der Waals surface area contributed by atoms with E-state index in [0.717, 1.165) is 24.4 Å². The molecule has 0 radical (unpaired) electrons. The fourth-order valence-electron chi connectivity index (χ4n) is 3.50. The zero-order valence-corrected chi connectivity index (χ0v) is 17.4. The Morgan fingerprint density at radius 2 is 2.11 bits per heavy atom. The average molecular weight is 390 g/mol. The molecule has 0 bridgehead atoms. The maximum Gasteiger partial charge on any atom is 0.410 e. The van der Waals surface area contributed by atoms with Gasteiger partial charge in [-0.2, -0.15) is 14.6 Å². The number of ether oxygens (including phenoxy) is 2. The van der Waals surface area contributed by atoms with E-state index in [1.54, 1.807) is 16.5 Å². The number of fused-ring (bicyclic) bond motifs is 1. The van der Waals surface area contributed by atoms with Crippen molar-refractivity contribution in [2.45, 2.75) is 58.8 Å². The zero-order valence-electron chi connectivity index (χ0n) is 17.4. The number of piperazine rings is 1. The van der Waals surface area contributed by atoms with Crippen LogP contribution < -0.4 is 4.90 Å². The number of methoxy groups -OCH3 is 1. The number of rotatable bonds is 5. The molecular formula is C19H30N6O3. The van der Waals surface area contributed by atoms with E-state index >= 15 is 0 Å². The van der Waals surface area contributed by atoms with Crippen LogP contribution in [0.5, 0.6) is 0 Å². The third-order valence-corrected chi connectivity index (χ3v) is 4.63. The Morgan fingerprint density at radius 3 is 2.79 bits per heavy atom. The van der Waals surface area contributed by atoms with Crippen LogP contribution in [-0.2, 0) is 16.1 Å². The van der Waals surface area contributed by atoms with Crippen LogP contribution in [0.15, 0.2) is 12.4 Å². The van der Waals surface area contributed by atoms with Crippen molar-refractivity contribution in [1.29, 1.82) is 0 Å². The molecule has 9 heteroatoms. The number of anilines is 1. The van der Waals surface area contributed by atoms with Gasteiger partial charge >= 0.3 is 6.09 Å². The molecule has 0 aliphatic carbocycles. The lowest BCUT2D eigenvalue weighted by atomic mass is 10.1. The first kappa shape index (κ1) is 20.3. The summed E-state index contributed by atoms with van der Waals surface area (Å²) in [5, 5.41) is 4.35. The number of hydrogen-bond donors (Lipinski definition) is 0. The van der Waals surface area contributed by atoms with Gasteiger partial charge < -0.3 is 19.3 Å². The van der Waals surface area contributed by atoms with E-state index < -0.39 is 5.60 Å². The molecule has 0 N–H and O–H groups in total. The Balaban J connectivity index is 1.87. The second-order valence-corrected chi connectivity index (χ2v) is 8.07. The van der Waals surface area contributed by atoms with Gasteiger partial charge in [0.15, 0.2) is 0 Å². The average Bonchev–Trinajstić information content (AvgIpc) is 3.09. The summed E-state index contributed by atoms with van der Waals surface area (Å²) in [6.45, 7) is 10.1. The molecule has 0 saturated carbocycles. The highest BCUT2D eigenvalue weighted by Gasteiger charge is 2.33. The lowest BCUT2D eigenvalue weighted by molar-refractivity contribution is 0.0211. The Kier molecular flexibility index (Phi) is 6.02. The van der Waals surface area contributed by atoms with Crippen molar-refractivity contribution in [2.75, 3.05) is 31.6 Å². The normalized spacial score (nSPS) is 18.0. The van der Waals surface area contributed by atoms with Crippen molar-refractivity contribution in [1.82, 2.24) is 24.5 Å². The molecule has 1 saturated heterocycles. The number of aromatic nitrogens is 4. The first-order chi connectivity index (χ1) is 13.3. The number of hydrogen-bond acceptors (Lipinski definition) is 7. The van der Waals surface area contributed by atoms with Gasteiger partial charge in [0, 0.05) is 38.9 Å². The summed E-state index contributed by atoms with van der Waals surface area (Å²) >= 11 is 0. The third-order valence-electron chi connectivity index (χ3n) is 4.63. The zero-order chi connectivity index (χ0) is 20.3. The highest BCUT2D eigenvalue weighted by Crippen LogP contribution is 2.25. The molecule has 2 aromatic heterocycles. The molecule has 1 aliphatic heterocycles. The lowest BCUT2D eigenvalue weighted by Gasteiger charge is -2.42. The molecule has 1 amide bonds. The molecule has 1 aliphatic rings. The molecule has 2 aromatic rings. The van der Waals surface area contributed by atoms with E-state index in [4.69, 9.17) is 9.47 Å². The van der Waals surface area contributed by atoms with E-state index in [1.165, 1.54) is 6.33 Å². The van der Waals surface area contributed by atoms with E-state index in [2.05, 4.69) is 26.9 Å². The summed E-state index contributed by atoms with van der Waals surface area (Å²) in [7, 11) is 1.65. The summed E-state index contributed by atoms with van der Waals surface area (Å²) < 4.78 is 12.6. The van der Waals surface area contributed by atoms with Crippen LogP contribution >= 0.6 is 0 Å². The highest BCUT2D eigenvalue weighted by atomic mass is 16.6. The van der Waals surface area contributed by atoms with Crippen LogP contribution in [0, 0.1) is 0 Å². The summed E-state index contributed by atoms with van der Waals surface area (Å²) in [6.07, 6.45) is 3.22. The van der Waals surface area contributed by atoms with Gasteiger partial charge in [-0.3, -0.25) is 0 Å². The lowest BCUT2D eigenvalue weighted by Crippen LogP contribution is -2.56. The van der Waals surface area contributed by atoms with Gasteiger partial charge in [0.05, 0.1) is 12.3 Å². The molecule has 0 aromatic carbocycles. The van der Waals surface area contributed by atoms with Gasteiger partial charge in [-0.05, 0) is 27.2 Å². The molecule has 1 fully saturated rings. The fourth-order valence-corrected chi connectivity index (χ4v) is 3.50. The smallest absolute Gasteiger partial charge is 0.410 e. The van der Waals surface area contributed by atoms with Crippen LogP contribution in [0.2, 0.25) is 0 Å². The van der Waals surface area contributed by atoms with E-state index in [0.29, 0.717) is 32.0 Å². The number of carbonyl (C=O) groups excluding carboxylic acids is 1. The van der Waals surface area contributed by atoms with Crippen molar-refractivity contribution in [3.05, 3.63) is 18.1 Å². The second kappa shape index (κ2) is 8.30. The summed E-state index contributed by atoms with van der Waals surface area (Å²) in [4.78, 5) is 25.4. The van der Waals surface area contributed by atoms with Crippen LogP contribution in [-0.4, -0.2) is 69.0 Å². The molecule has 154 valence electrons. The number of carbonyl (C=O) groups is 1. The molecule has 3 heterocycles. The van der Waals surface area contributed by atoms with Crippen molar-refractivity contribution >= 4 is 17.7 Å². The van der Waals surface area contributed by atoms with Gasteiger partial charge in [0.25, 0.3) is 5.78 Å². The minimum atomic E-state index is -0.498. The van der Waals surface area contributed by atoms with E-state index in [-0.39, 0.29) is 12.1 Å². The van der Waals surface area contributed by atoms with Crippen LogP contribution in [0.3, 0.4) is 0 Å². The van der Waals surface area contributed by atoms with Crippen molar-refractivity contribution < 1.29 is 14.3 Å². The Morgan fingerprint density at radius 1 is 1.32 bits per heavy atom. The second-order valence-electron chi connectivity index (χ2n) is 8.07. The molecule has 0 spiro atoms. The van der Waals surface area contributed by atoms with Crippen LogP contribution in [0.25, 0.3) is 5.78 Å². The van der Waals surface area contributed by atoms with Gasteiger partial charge in [0.1, 0.15) is 17.7 Å². The van der Waals surface area contributed by atoms with Crippen LogP contribution in [0.4, 0.5) is 10.6 Å². The van der Waals surface area contributed by atoms with Crippen molar-refractivity contribution in [3.8, 4) is 0 Å². The minimum Gasteiger partial charge on any atom is -0.444 e. The first-order valence-electron chi connectivity index (χ1n) is 9.75. The standard InChI is InChI=1S/C19H30N6O3/c1-6-7-15-11-23(18(26)28-19(2,3)4)8-9-24(15)16-10-14(12-27-5)22-17-20-13-21-25(16)17/h10,13,15H,6-9,11-12H2,1-5H3/t15-/m0/s1. The minimum absolute atomic E-state index is 0.163. The molecule has 3 rings (SSSR count). The summed E-state index contributed by atoms with van der Waals surface area (Å²) in [5.41, 5.74) is 0.310. The SMILES string of the molecule is CCC[C@H]1CN(C(=O)OC(C)(C)C)CCN1c1cc(COC)nc2ncnn12. The van der Waals surface area contributed by atoms with Gasteiger partial charge in [-0.15, -0.1) is 0 Å².